The van der Waals surface area contributed by atoms with Crippen LogP contribution in [0.3, 0.4) is 0 Å². The Morgan fingerprint density at radius 1 is 1.37 bits per heavy atom. The molecule has 0 aliphatic carbocycles. The van der Waals surface area contributed by atoms with Crippen molar-refractivity contribution in [1.82, 2.24) is 4.98 Å². The molecule has 0 spiro atoms. The van der Waals surface area contributed by atoms with Crippen LogP contribution >= 0.6 is 11.6 Å². The first kappa shape index (κ1) is 13.3. The van der Waals surface area contributed by atoms with Crippen LogP contribution in [0.5, 0.6) is 0 Å². The van der Waals surface area contributed by atoms with Crippen molar-refractivity contribution in [2.75, 3.05) is 11.9 Å². The Hall–Kier alpha value is -2.12. The molecule has 0 bridgehead atoms. The smallest absolute Gasteiger partial charge is 0.142 e. The minimum atomic E-state index is -0.425. The second kappa shape index (κ2) is 5.68. The Morgan fingerprint density at radius 3 is 2.74 bits per heavy atom. The quantitative estimate of drug-likeness (QED) is 0.862. The molecule has 2 aromatic rings. The molecule has 0 saturated carbocycles. The van der Waals surface area contributed by atoms with Crippen LogP contribution in [0.4, 0.5) is 10.1 Å². The SMILES string of the molecule is CN(Cc1ccc(Cl)c(F)c1)c1ccc(C#N)nc1. The summed E-state index contributed by atoms with van der Waals surface area (Å²) >= 11 is 5.64. The monoisotopic (exact) mass is 275 g/mol. The molecule has 0 aliphatic rings. The van der Waals surface area contributed by atoms with Gasteiger partial charge in [-0.05, 0) is 29.8 Å². The molecule has 0 saturated heterocycles. The first-order valence-electron chi connectivity index (χ1n) is 5.61. The van der Waals surface area contributed by atoms with Gasteiger partial charge in [0.15, 0.2) is 0 Å². The summed E-state index contributed by atoms with van der Waals surface area (Å²) < 4.78 is 13.3. The molecule has 1 heterocycles. The number of rotatable bonds is 3. The van der Waals surface area contributed by atoms with E-state index in [1.165, 1.54) is 12.1 Å². The van der Waals surface area contributed by atoms with Gasteiger partial charge in [0.05, 0.1) is 16.9 Å². The molecule has 0 atom stereocenters. The molecule has 0 amide bonds. The van der Waals surface area contributed by atoms with E-state index >= 15 is 0 Å². The molecule has 0 radical (unpaired) electrons. The molecule has 2 rings (SSSR count). The summed E-state index contributed by atoms with van der Waals surface area (Å²) in [5.74, 6) is -0.425. The highest BCUT2D eigenvalue weighted by atomic mass is 35.5. The number of hydrogen-bond acceptors (Lipinski definition) is 3. The summed E-state index contributed by atoms with van der Waals surface area (Å²) in [4.78, 5) is 5.91. The van der Waals surface area contributed by atoms with Gasteiger partial charge in [0.2, 0.25) is 0 Å². The van der Waals surface area contributed by atoms with E-state index in [1.807, 2.05) is 18.0 Å². The van der Waals surface area contributed by atoms with Crippen molar-refractivity contribution in [2.45, 2.75) is 6.54 Å². The highest BCUT2D eigenvalue weighted by molar-refractivity contribution is 6.30. The van der Waals surface area contributed by atoms with Gasteiger partial charge in [0.25, 0.3) is 0 Å². The Labute approximate surface area is 115 Å². The first-order chi connectivity index (χ1) is 9.10. The number of nitrogens with zero attached hydrogens (tertiary/aromatic N) is 3. The van der Waals surface area contributed by atoms with E-state index in [4.69, 9.17) is 16.9 Å². The van der Waals surface area contributed by atoms with E-state index in [1.54, 1.807) is 24.4 Å². The van der Waals surface area contributed by atoms with E-state index in [9.17, 15) is 4.39 Å². The molecule has 0 unspecified atom stereocenters. The summed E-state index contributed by atoms with van der Waals surface area (Å²) in [6.07, 6.45) is 1.62. The van der Waals surface area contributed by atoms with Crippen LogP contribution in [-0.2, 0) is 6.54 Å². The van der Waals surface area contributed by atoms with Gasteiger partial charge in [-0.2, -0.15) is 5.26 Å². The van der Waals surface area contributed by atoms with Gasteiger partial charge < -0.3 is 4.90 Å². The average Bonchev–Trinajstić information content (AvgIpc) is 2.43. The summed E-state index contributed by atoms with van der Waals surface area (Å²) in [5.41, 5.74) is 2.04. The summed E-state index contributed by atoms with van der Waals surface area (Å²) in [6.45, 7) is 0.529. The van der Waals surface area contributed by atoms with Crippen molar-refractivity contribution >= 4 is 17.3 Å². The third-order valence-electron chi connectivity index (χ3n) is 2.71. The number of aromatic nitrogens is 1. The highest BCUT2D eigenvalue weighted by Gasteiger charge is 2.06. The maximum atomic E-state index is 13.3. The van der Waals surface area contributed by atoms with E-state index in [0.29, 0.717) is 12.2 Å². The van der Waals surface area contributed by atoms with Crippen LogP contribution < -0.4 is 4.90 Å². The number of benzene rings is 1. The molecule has 1 aromatic heterocycles. The van der Waals surface area contributed by atoms with E-state index < -0.39 is 5.82 Å². The molecule has 0 aliphatic heterocycles. The zero-order chi connectivity index (χ0) is 13.8. The largest absolute Gasteiger partial charge is 0.369 e. The maximum Gasteiger partial charge on any atom is 0.142 e. The summed E-state index contributed by atoms with van der Waals surface area (Å²) in [7, 11) is 1.87. The molecule has 0 fully saturated rings. The summed E-state index contributed by atoms with van der Waals surface area (Å²) in [6, 6.07) is 10.1. The van der Waals surface area contributed by atoms with Gasteiger partial charge in [-0.25, -0.2) is 9.37 Å². The molecule has 0 N–H and O–H groups in total. The molecule has 1 aromatic carbocycles. The predicted octanol–water partition coefficient (Wildman–Crippen LogP) is 3.38. The molecule has 19 heavy (non-hydrogen) atoms. The van der Waals surface area contributed by atoms with Crippen molar-refractivity contribution in [3.05, 3.63) is 58.6 Å². The third-order valence-corrected chi connectivity index (χ3v) is 3.01. The van der Waals surface area contributed by atoms with Crippen molar-refractivity contribution in [3.63, 3.8) is 0 Å². The highest BCUT2D eigenvalue weighted by Crippen LogP contribution is 2.19. The Kier molecular flexibility index (Phi) is 3.98. The zero-order valence-electron chi connectivity index (χ0n) is 10.3. The topological polar surface area (TPSA) is 39.9 Å². The predicted molar refractivity (Wildman–Crippen MR) is 72.5 cm³/mol. The van der Waals surface area contributed by atoms with Gasteiger partial charge in [0, 0.05) is 13.6 Å². The van der Waals surface area contributed by atoms with E-state index in [0.717, 1.165) is 11.3 Å². The second-order valence-corrected chi connectivity index (χ2v) is 4.53. The lowest BCUT2D eigenvalue weighted by Gasteiger charge is -2.19. The van der Waals surface area contributed by atoms with Gasteiger partial charge in [-0.1, -0.05) is 17.7 Å². The molecule has 96 valence electrons. The van der Waals surface area contributed by atoms with Crippen LogP contribution in [0.15, 0.2) is 36.5 Å². The lowest BCUT2D eigenvalue weighted by Crippen LogP contribution is -2.16. The van der Waals surface area contributed by atoms with Crippen molar-refractivity contribution in [1.29, 1.82) is 5.26 Å². The Balaban J connectivity index is 2.13. The van der Waals surface area contributed by atoms with Crippen LogP contribution in [0.1, 0.15) is 11.3 Å². The molecular formula is C14H11ClFN3. The van der Waals surface area contributed by atoms with Gasteiger partial charge in [-0.15, -0.1) is 0 Å². The van der Waals surface area contributed by atoms with Crippen LogP contribution in [0, 0.1) is 17.1 Å². The first-order valence-corrected chi connectivity index (χ1v) is 5.99. The number of halogens is 2. The third kappa shape index (κ3) is 3.21. The van der Waals surface area contributed by atoms with Gasteiger partial charge in [0.1, 0.15) is 17.6 Å². The minimum absolute atomic E-state index is 0.117. The maximum absolute atomic E-state index is 13.3. The Bertz CT molecular complexity index is 620. The number of nitriles is 1. The molecular weight excluding hydrogens is 265 g/mol. The van der Waals surface area contributed by atoms with E-state index in [2.05, 4.69) is 4.98 Å². The fourth-order valence-corrected chi connectivity index (χ4v) is 1.80. The van der Waals surface area contributed by atoms with Gasteiger partial charge >= 0.3 is 0 Å². The number of hydrogen-bond donors (Lipinski definition) is 0. The fourth-order valence-electron chi connectivity index (χ4n) is 1.68. The summed E-state index contributed by atoms with van der Waals surface area (Å²) in [5, 5.41) is 8.80. The Morgan fingerprint density at radius 2 is 2.16 bits per heavy atom. The number of pyridine rings is 1. The van der Waals surface area contributed by atoms with Crippen LogP contribution in [0.2, 0.25) is 5.02 Å². The second-order valence-electron chi connectivity index (χ2n) is 4.12. The lowest BCUT2D eigenvalue weighted by molar-refractivity contribution is 0.625. The van der Waals surface area contributed by atoms with Gasteiger partial charge in [-0.3, -0.25) is 0 Å². The number of anilines is 1. The fraction of sp³-hybridized carbons (Fsp3) is 0.143. The molecule has 3 nitrogen and oxygen atoms in total. The normalized spacial score (nSPS) is 10.0. The van der Waals surface area contributed by atoms with Crippen molar-refractivity contribution in [3.8, 4) is 6.07 Å². The van der Waals surface area contributed by atoms with Crippen LogP contribution in [0.25, 0.3) is 0 Å². The standard InChI is InChI=1S/C14H11ClFN3/c1-19(12-4-3-11(7-17)18-8-12)9-10-2-5-13(15)14(16)6-10/h2-6,8H,9H2,1H3. The zero-order valence-corrected chi connectivity index (χ0v) is 11.0. The van der Waals surface area contributed by atoms with Crippen LogP contribution in [-0.4, -0.2) is 12.0 Å². The average molecular weight is 276 g/mol. The molecule has 5 heteroatoms. The lowest BCUT2D eigenvalue weighted by atomic mass is 10.2. The van der Waals surface area contributed by atoms with Crippen molar-refractivity contribution in [2.24, 2.45) is 0 Å². The van der Waals surface area contributed by atoms with Crippen molar-refractivity contribution < 1.29 is 4.39 Å². The van der Waals surface area contributed by atoms with E-state index in [-0.39, 0.29) is 5.02 Å². The minimum Gasteiger partial charge on any atom is -0.369 e.